The van der Waals surface area contributed by atoms with Crippen LogP contribution in [0, 0.1) is 0 Å². The quantitative estimate of drug-likeness (QED) is 0.266. The number of esters is 2. The van der Waals surface area contributed by atoms with Gasteiger partial charge in [0.1, 0.15) is 0 Å². The van der Waals surface area contributed by atoms with Crippen molar-refractivity contribution >= 4 is 43.8 Å². The molecule has 0 aromatic heterocycles. The second kappa shape index (κ2) is 10.3. The third-order valence-electron chi connectivity index (χ3n) is 1.90. The Hall–Kier alpha value is -0.620. The van der Waals surface area contributed by atoms with Gasteiger partial charge in [-0.3, -0.25) is 0 Å². The van der Waals surface area contributed by atoms with Crippen LogP contribution < -0.4 is 0 Å². The van der Waals surface area contributed by atoms with E-state index in [-0.39, 0.29) is 0 Å². The van der Waals surface area contributed by atoms with Crippen LogP contribution in [0.2, 0.25) is 0 Å². The van der Waals surface area contributed by atoms with Crippen LogP contribution in [-0.4, -0.2) is 35.8 Å². The lowest BCUT2D eigenvalue weighted by Gasteiger charge is -2.06. The van der Waals surface area contributed by atoms with Crippen LogP contribution >= 0.6 is 31.9 Å². The Morgan fingerprint density at radius 2 is 1.17 bits per heavy atom. The number of hydrogen-bond acceptors (Lipinski definition) is 4. The van der Waals surface area contributed by atoms with E-state index in [9.17, 15) is 9.59 Å². The monoisotopic (exact) mass is 382 g/mol. The van der Waals surface area contributed by atoms with Crippen LogP contribution in [-0.2, 0) is 19.1 Å². The van der Waals surface area contributed by atoms with Gasteiger partial charge in [0.25, 0.3) is 0 Å². The van der Waals surface area contributed by atoms with Crippen molar-refractivity contribution in [3.8, 4) is 0 Å². The van der Waals surface area contributed by atoms with Crippen LogP contribution in [0.1, 0.15) is 12.8 Å². The summed E-state index contributed by atoms with van der Waals surface area (Å²) in [5, 5.41) is 0.802. The average molecular weight is 384 g/mol. The maximum absolute atomic E-state index is 11.2. The Morgan fingerprint density at radius 3 is 1.44 bits per heavy atom. The van der Waals surface area contributed by atoms with Gasteiger partial charge in [0.2, 0.25) is 0 Å². The summed E-state index contributed by atoms with van der Waals surface area (Å²) in [4.78, 5) is 22.4. The molecule has 0 aliphatic rings. The highest BCUT2D eigenvalue weighted by Gasteiger charge is 2.07. The lowest BCUT2D eigenvalue weighted by atomic mass is 10.3. The SMILES string of the molecule is C=C(CBr)C(=O)OCCCCOC(=O)C(=C)CBr. The second-order valence-corrected chi connectivity index (χ2v) is 4.57. The lowest BCUT2D eigenvalue weighted by Crippen LogP contribution is -2.11. The molecular weight excluding hydrogens is 368 g/mol. The van der Waals surface area contributed by atoms with Crippen molar-refractivity contribution < 1.29 is 19.1 Å². The Morgan fingerprint density at radius 1 is 0.833 bits per heavy atom. The zero-order valence-corrected chi connectivity index (χ0v) is 13.2. The molecule has 18 heavy (non-hydrogen) atoms. The van der Waals surface area contributed by atoms with Gasteiger partial charge in [0.15, 0.2) is 0 Å². The zero-order chi connectivity index (χ0) is 14.0. The summed E-state index contributed by atoms with van der Waals surface area (Å²) in [5.41, 5.74) is 0.769. The molecule has 0 radical (unpaired) electrons. The molecule has 6 heteroatoms. The van der Waals surface area contributed by atoms with E-state index >= 15 is 0 Å². The zero-order valence-electron chi connectivity index (χ0n) is 10.0. The van der Waals surface area contributed by atoms with Crippen LogP contribution in [0.25, 0.3) is 0 Å². The van der Waals surface area contributed by atoms with Gasteiger partial charge < -0.3 is 9.47 Å². The topological polar surface area (TPSA) is 52.6 Å². The second-order valence-electron chi connectivity index (χ2n) is 3.45. The fourth-order valence-electron chi connectivity index (χ4n) is 0.847. The summed E-state index contributed by atoms with van der Waals surface area (Å²) in [7, 11) is 0. The number of hydrogen-bond donors (Lipinski definition) is 0. The molecule has 0 rings (SSSR count). The molecule has 0 atom stereocenters. The summed E-state index contributed by atoms with van der Waals surface area (Å²) < 4.78 is 9.87. The average Bonchev–Trinajstić information content (AvgIpc) is 2.39. The fraction of sp³-hybridized carbons (Fsp3) is 0.500. The Bertz CT molecular complexity index is 294. The minimum atomic E-state index is -0.406. The first-order chi connectivity index (χ1) is 8.52. The predicted molar refractivity (Wildman–Crippen MR) is 77.0 cm³/mol. The molecule has 0 aromatic rings. The Balaban J connectivity index is 3.52. The maximum atomic E-state index is 11.2. The van der Waals surface area contributed by atoms with E-state index in [0.29, 0.717) is 47.9 Å². The first kappa shape index (κ1) is 17.4. The van der Waals surface area contributed by atoms with E-state index in [1.54, 1.807) is 0 Å². The summed E-state index contributed by atoms with van der Waals surface area (Å²) in [6.07, 6.45) is 1.27. The molecule has 0 aliphatic heterocycles. The van der Waals surface area contributed by atoms with Crippen LogP contribution in [0.5, 0.6) is 0 Å². The molecule has 0 saturated carbocycles. The van der Waals surface area contributed by atoms with E-state index in [1.165, 1.54) is 0 Å². The van der Waals surface area contributed by atoms with Gasteiger partial charge in [-0.1, -0.05) is 45.0 Å². The van der Waals surface area contributed by atoms with Crippen molar-refractivity contribution in [1.82, 2.24) is 0 Å². The van der Waals surface area contributed by atoms with E-state index in [1.807, 2.05) is 0 Å². The van der Waals surface area contributed by atoms with E-state index < -0.39 is 11.9 Å². The Labute approximate surface area is 124 Å². The van der Waals surface area contributed by atoms with Crippen molar-refractivity contribution in [3.63, 3.8) is 0 Å². The summed E-state index contributed by atoms with van der Waals surface area (Å²) in [6, 6.07) is 0. The molecule has 102 valence electrons. The van der Waals surface area contributed by atoms with Crippen molar-refractivity contribution in [2.75, 3.05) is 23.9 Å². The molecule has 4 nitrogen and oxygen atoms in total. The minimum Gasteiger partial charge on any atom is -0.462 e. The first-order valence-electron chi connectivity index (χ1n) is 5.34. The van der Waals surface area contributed by atoms with Gasteiger partial charge in [-0.05, 0) is 12.8 Å². The summed E-state index contributed by atoms with van der Waals surface area (Å²) in [6.45, 7) is 7.66. The van der Waals surface area contributed by atoms with Crippen molar-refractivity contribution in [3.05, 3.63) is 24.3 Å². The molecule has 0 spiro atoms. The highest BCUT2D eigenvalue weighted by atomic mass is 79.9. The number of rotatable bonds is 9. The van der Waals surface area contributed by atoms with Gasteiger partial charge in [-0.25, -0.2) is 9.59 Å². The van der Waals surface area contributed by atoms with E-state index in [2.05, 4.69) is 45.0 Å². The number of alkyl halides is 2. The molecule has 0 amide bonds. The highest BCUT2D eigenvalue weighted by molar-refractivity contribution is 9.09. The molecule has 0 heterocycles. The van der Waals surface area contributed by atoms with Crippen molar-refractivity contribution in [2.24, 2.45) is 0 Å². The lowest BCUT2D eigenvalue weighted by molar-refractivity contribution is -0.141. The molecule has 0 unspecified atom stereocenters. The fourth-order valence-corrected chi connectivity index (χ4v) is 1.30. The standard InChI is InChI=1S/C12H16Br2O4/c1-9(7-13)11(15)17-5-3-4-6-18-12(16)10(2)8-14/h1-8H2. The van der Waals surface area contributed by atoms with Gasteiger partial charge in [0.05, 0.1) is 13.2 Å². The number of unbranched alkanes of at least 4 members (excludes halogenated alkanes) is 1. The summed E-state index contributed by atoms with van der Waals surface area (Å²) in [5.74, 6) is -0.812. The van der Waals surface area contributed by atoms with Crippen LogP contribution in [0.3, 0.4) is 0 Å². The molecular formula is C12H16Br2O4. The highest BCUT2D eigenvalue weighted by Crippen LogP contribution is 2.02. The smallest absolute Gasteiger partial charge is 0.334 e. The predicted octanol–water partition coefficient (Wildman–Crippen LogP) is 2.76. The van der Waals surface area contributed by atoms with Gasteiger partial charge in [-0.2, -0.15) is 0 Å². The van der Waals surface area contributed by atoms with Gasteiger partial charge >= 0.3 is 11.9 Å². The molecule has 0 N–H and O–H groups in total. The van der Waals surface area contributed by atoms with Crippen molar-refractivity contribution in [2.45, 2.75) is 12.8 Å². The molecule has 0 aliphatic carbocycles. The van der Waals surface area contributed by atoms with E-state index in [4.69, 9.17) is 9.47 Å². The van der Waals surface area contributed by atoms with Crippen LogP contribution in [0.15, 0.2) is 24.3 Å². The number of ether oxygens (including phenoxy) is 2. The largest absolute Gasteiger partial charge is 0.462 e. The molecule has 0 aromatic carbocycles. The third kappa shape index (κ3) is 7.66. The minimum absolute atomic E-state index is 0.293. The number of carbonyl (C=O) groups is 2. The maximum Gasteiger partial charge on any atom is 0.334 e. The van der Waals surface area contributed by atoms with Gasteiger partial charge in [-0.15, -0.1) is 0 Å². The molecule has 0 fully saturated rings. The first-order valence-corrected chi connectivity index (χ1v) is 7.59. The summed E-state index contributed by atoms with van der Waals surface area (Å²) >= 11 is 6.23. The molecule has 0 saturated heterocycles. The normalized spacial score (nSPS) is 9.67. The van der Waals surface area contributed by atoms with E-state index in [0.717, 1.165) is 0 Å². The van der Waals surface area contributed by atoms with Crippen molar-refractivity contribution in [1.29, 1.82) is 0 Å². The third-order valence-corrected chi connectivity index (χ3v) is 3.26. The van der Waals surface area contributed by atoms with Crippen LogP contribution in [0.4, 0.5) is 0 Å². The Kier molecular flexibility index (Phi) is 9.96. The van der Waals surface area contributed by atoms with Gasteiger partial charge in [0, 0.05) is 21.8 Å². The number of halogens is 2. The number of carbonyl (C=O) groups excluding carboxylic acids is 2. The molecule has 0 bridgehead atoms.